The number of piperidine rings is 1. The van der Waals surface area contributed by atoms with Crippen LogP contribution >= 0.6 is 34.5 Å². The quantitative estimate of drug-likeness (QED) is 0.489. The predicted octanol–water partition coefficient (Wildman–Crippen LogP) is 3.04. The number of methoxy groups -OCH3 is 1. The number of nitrogens with one attached hydrogen (secondary N) is 2. The number of ether oxygens (including phenoxy) is 1. The molecule has 4 N–H and O–H groups in total. The molecule has 9 nitrogen and oxygen atoms in total. The van der Waals surface area contributed by atoms with Crippen molar-refractivity contribution in [1.29, 1.82) is 0 Å². The van der Waals surface area contributed by atoms with Crippen LogP contribution in [0.25, 0.3) is 0 Å². The number of carbonyl (C=O) groups excluding carboxylic acids is 1. The highest BCUT2D eigenvalue weighted by molar-refractivity contribution is 7.17. The topological polar surface area (TPSA) is 128 Å². The molecule has 0 aliphatic carbocycles. The number of H-pyrrole nitrogens is 1. The minimum absolute atomic E-state index is 0.000489. The van der Waals surface area contributed by atoms with Crippen LogP contribution in [-0.4, -0.2) is 64.4 Å². The average molecular weight is 491 g/mol. The average Bonchev–Trinajstić information content (AvgIpc) is 3.26. The first-order valence-corrected chi connectivity index (χ1v) is 11.1. The molecule has 12 heteroatoms. The van der Waals surface area contributed by atoms with Crippen molar-refractivity contribution in [3.05, 3.63) is 32.0 Å². The van der Waals surface area contributed by atoms with Crippen LogP contribution in [0, 0.1) is 6.92 Å². The van der Waals surface area contributed by atoms with Crippen molar-refractivity contribution in [2.24, 2.45) is 0 Å². The van der Waals surface area contributed by atoms with Gasteiger partial charge in [0, 0.05) is 25.9 Å². The molecule has 2 aromatic heterocycles. The van der Waals surface area contributed by atoms with E-state index in [2.05, 4.69) is 15.3 Å². The first-order chi connectivity index (χ1) is 14.4. The fourth-order valence-electron chi connectivity index (χ4n) is 3.47. The highest BCUT2D eigenvalue weighted by Gasteiger charge is 2.35. The minimum atomic E-state index is -1.38. The molecule has 1 saturated heterocycles. The zero-order valence-electron chi connectivity index (χ0n) is 17.5. The number of hydrogen-bond acceptors (Lipinski definition) is 7. The van der Waals surface area contributed by atoms with E-state index in [1.54, 1.807) is 14.0 Å². The highest BCUT2D eigenvalue weighted by Crippen LogP contribution is 2.34. The van der Waals surface area contributed by atoms with Gasteiger partial charge in [0.25, 0.3) is 5.91 Å². The van der Waals surface area contributed by atoms with Crippen LogP contribution in [0.15, 0.2) is 0 Å². The molecule has 3 rings (SSSR count). The number of thiazole rings is 1. The second-order valence-electron chi connectivity index (χ2n) is 7.88. The Labute approximate surface area is 193 Å². The summed E-state index contributed by atoms with van der Waals surface area (Å²) < 4.78 is 5.59. The van der Waals surface area contributed by atoms with E-state index in [0.717, 1.165) is 11.3 Å². The summed E-state index contributed by atoms with van der Waals surface area (Å²) >= 11 is 13.2. The smallest absolute Gasteiger partial charge is 0.348 e. The number of amides is 1. The maximum Gasteiger partial charge on any atom is 0.348 e. The first-order valence-electron chi connectivity index (χ1n) is 9.53. The number of anilines is 1. The largest absolute Gasteiger partial charge is 0.477 e. The molecule has 0 bridgehead atoms. The lowest BCUT2D eigenvalue weighted by Crippen LogP contribution is -2.55. The Hall–Kier alpha value is -1.85. The molecule has 1 aliphatic heterocycles. The molecular weight excluding hydrogens is 467 g/mol. The minimum Gasteiger partial charge on any atom is -0.477 e. The third-order valence-electron chi connectivity index (χ3n) is 5.12. The van der Waals surface area contributed by atoms with Crippen LogP contribution in [0.1, 0.15) is 51.8 Å². The number of nitrogens with zero attached hydrogens (tertiary/aromatic N) is 2. The van der Waals surface area contributed by atoms with Gasteiger partial charge in [0.15, 0.2) is 5.13 Å². The number of hydrogen-bond donors (Lipinski definition) is 4. The van der Waals surface area contributed by atoms with E-state index in [9.17, 15) is 19.8 Å². The Balaban J connectivity index is 1.76. The summed E-state index contributed by atoms with van der Waals surface area (Å²) in [4.78, 5) is 33.4. The molecule has 31 heavy (non-hydrogen) atoms. The van der Waals surface area contributed by atoms with Gasteiger partial charge in [-0.15, -0.1) is 0 Å². The lowest BCUT2D eigenvalue weighted by molar-refractivity contribution is 0.0538. The number of aromatic carboxylic acids is 1. The number of carboxylic acids is 1. The van der Waals surface area contributed by atoms with Gasteiger partial charge in [-0.1, -0.05) is 34.5 Å². The van der Waals surface area contributed by atoms with Gasteiger partial charge in [-0.3, -0.25) is 4.79 Å². The zero-order valence-corrected chi connectivity index (χ0v) is 19.8. The summed E-state index contributed by atoms with van der Waals surface area (Å²) in [6.07, 6.45) is 0.167. The third kappa shape index (κ3) is 4.83. The summed E-state index contributed by atoms with van der Waals surface area (Å²) in [7, 11) is 1.54. The molecule has 1 aliphatic rings. The monoisotopic (exact) mass is 490 g/mol. The summed E-state index contributed by atoms with van der Waals surface area (Å²) in [5.74, 6) is -1.52. The van der Waals surface area contributed by atoms with E-state index < -0.39 is 11.6 Å². The van der Waals surface area contributed by atoms with Crippen molar-refractivity contribution in [3.63, 3.8) is 0 Å². The van der Waals surface area contributed by atoms with Gasteiger partial charge in [-0.05, 0) is 27.2 Å². The number of aryl methyl sites for hydroxylation is 1. The summed E-state index contributed by atoms with van der Waals surface area (Å²) in [5.41, 5.74) is -0.458. The van der Waals surface area contributed by atoms with Crippen molar-refractivity contribution < 1.29 is 24.5 Å². The number of aromatic nitrogens is 2. The van der Waals surface area contributed by atoms with Crippen molar-refractivity contribution in [3.8, 4) is 0 Å². The number of aliphatic hydroxyl groups is 1. The molecule has 0 aromatic carbocycles. The van der Waals surface area contributed by atoms with Crippen LogP contribution in [0.5, 0.6) is 0 Å². The second-order valence-corrected chi connectivity index (χ2v) is 9.61. The predicted molar refractivity (Wildman–Crippen MR) is 119 cm³/mol. The van der Waals surface area contributed by atoms with E-state index in [4.69, 9.17) is 27.9 Å². The Morgan fingerprint density at radius 2 is 2.03 bits per heavy atom. The van der Waals surface area contributed by atoms with Crippen LogP contribution in [-0.2, 0) is 10.3 Å². The summed E-state index contributed by atoms with van der Waals surface area (Å²) in [5, 5.41) is 23.7. The zero-order chi connectivity index (χ0) is 23.1. The molecule has 2 atom stereocenters. The maximum atomic E-state index is 12.7. The van der Waals surface area contributed by atoms with E-state index in [0.29, 0.717) is 35.4 Å². The third-order valence-corrected chi connectivity index (χ3v) is 7.17. The van der Waals surface area contributed by atoms with Crippen LogP contribution in [0.4, 0.5) is 5.13 Å². The number of aromatic amines is 1. The normalized spacial score (nSPS) is 19.5. The number of rotatable bonds is 6. The van der Waals surface area contributed by atoms with Crippen LogP contribution in [0.3, 0.4) is 0 Å². The molecule has 1 fully saturated rings. The van der Waals surface area contributed by atoms with Crippen molar-refractivity contribution in [2.45, 2.75) is 44.9 Å². The Morgan fingerprint density at radius 3 is 2.52 bits per heavy atom. The standard InChI is InChI=1S/C19H24Cl2N4O5S/c1-8-11(20)12(21)13(22-8)16(26)23-9-5-6-25(7-10(9)30-4)18-24-15(19(2,3)29)14(31-18)17(27)28/h9-10,22,29H,5-7H2,1-4H3,(H,23,26)(H,27,28)/t9-,10+/m1/s1. The Kier molecular flexibility index (Phi) is 6.87. The van der Waals surface area contributed by atoms with Crippen LogP contribution in [0.2, 0.25) is 10.0 Å². The summed E-state index contributed by atoms with van der Waals surface area (Å²) in [6.45, 7) is 5.62. The van der Waals surface area contributed by atoms with Gasteiger partial charge in [-0.2, -0.15) is 0 Å². The molecule has 0 saturated carbocycles. The Morgan fingerprint density at radius 1 is 1.35 bits per heavy atom. The number of halogens is 2. The van der Waals surface area contributed by atoms with E-state index in [1.807, 2.05) is 4.90 Å². The van der Waals surface area contributed by atoms with Crippen molar-refractivity contribution in [2.75, 3.05) is 25.1 Å². The molecular formula is C19H24Cl2N4O5S. The van der Waals surface area contributed by atoms with Crippen molar-refractivity contribution >= 4 is 51.5 Å². The molecule has 3 heterocycles. The molecule has 0 spiro atoms. The molecule has 0 radical (unpaired) electrons. The molecule has 170 valence electrons. The van der Waals surface area contributed by atoms with Gasteiger partial charge in [0.1, 0.15) is 16.2 Å². The fraction of sp³-hybridized carbons (Fsp3) is 0.526. The first kappa shape index (κ1) is 23.8. The Bertz CT molecular complexity index is 1000. The molecule has 1 amide bonds. The van der Waals surface area contributed by atoms with E-state index in [-0.39, 0.29) is 39.3 Å². The van der Waals surface area contributed by atoms with Gasteiger partial charge in [0.2, 0.25) is 0 Å². The van der Waals surface area contributed by atoms with Crippen LogP contribution < -0.4 is 10.2 Å². The highest BCUT2D eigenvalue weighted by atomic mass is 35.5. The lowest BCUT2D eigenvalue weighted by atomic mass is 10.0. The molecule has 0 unspecified atom stereocenters. The SMILES string of the molecule is CO[C@H]1CN(c2nc(C(C)(C)O)c(C(=O)O)s2)CC[C@H]1NC(=O)c1[nH]c(C)c(Cl)c1Cl. The van der Waals surface area contributed by atoms with E-state index >= 15 is 0 Å². The molecule has 2 aromatic rings. The fourth-order valence-corrected chi connectivity index (χ4v) is 4.98. The maximum absolute atomic E-state index is 12.7. The summed E-state index contributed by atoms with van der Waals surface area (Å²) in [6, 6.07) is -0.292. The van der Waals surface area contributed by atoms with Gasteiger partial charge in [-0.25, -0.2) is 9.78 Å². The van der Waals surface area contributed by atoms with Crippen molar-refractivity contribution in [1.82, 2.24) is 15.3 Å². The van der Waals surface area contributed by atoms with Gasteiger partial charge in [0.05, 0.1) is 27.9 Å². The van der Waals surface area contributed by atoms with Gasteiger partial charge < -0.3 is 30.2 Å². The van der Waals surface area contributed by atoms with E-state index in [1.165, 1.54) is 13.8 Å². The number of carbonyl (C=O) groups is 2. The lowest BCUT2D eigenvalue weighted by Gasteiger charge is -2.38. The number of carboxylic acid groups (broad SMARTS) is 1. The van der Waals surface area contributed by atoms with Gasteiger partial charge >= 0.3 is 5.97 Å². The second kappa shape index (κ2) is 8.95.